The molecular weight excluding hydrogens is 248 g/mol. The van der Waals surface area contributed by atoms with Gasteiger partial charge in [-0.3, -0.25) is 9.69 Å². The van der Waals surface area contributed by atoms with E-state index in [2.05, 4.69) is 11.8 Å². The van der Waals surface area contributed by atoms with Crippen LogP contribution in [0.5, 0.6) is 0 Å². The first-order chi connectivity index (χ1) is 9.74. The van der Waals surface area contributed by atoms with Gasteiger partial charge in [-0.2, -0.15) is 0 Å². The second-order valence-electron chi connectivity index (χ2n) is 5.65. The van der Waals surface area contributed by atoms with E-state index in [0.29, 0.717) is 6.54 Å². The number of hydrogen-bond donors (Lipinski definition) is 0. The van der Waals surface area contributed by atoms with Crippen LogP contribution in [0.4, 0.5) is 5.69 Å². The van der Waals surface area contributed by atoms with Crippen LogP contribution >= 0.6 is 0 Å². The van der Waals surface area contributed by atoms with E-state index in [9.17, 15) is 4.79 Å². The van der Waals surface area contributed by atoms with Gasteiger partial charge in [0.1, 0.15) is 0 Å². The number of nitrogens with zero attached hydrogens (tertiary/aromatic N) is 2. The molecule has 0 unspecified atom stereocenters. The van der Waals surface area contributed by atoms with Crippen LogP contribution in [0, 0.1) is 5.92 Å². The third-order valence-electron chi connectivity index (χ3n) is 3.80. The summed E-state index contributed by atoms with van der Waals surface area (Å²) in [5.74, 6) is 1.05. The first-order valence-corrected chi connectivity index (χ1v) is 7.82. The van der Waals surface area contributed by atoms with E-state index in [1.54, 1.807) is 0 Å². The number of rotatable bonds is 8. The van der Waals surface area contributed by atoms with Crippen molar-refractivity contribution in [2.45, 2.75) is 33.1 Å². The first-order valence-electron chi connectivity index (χ1n) is 7.82. The van der Waals surface area contributed by atoms with Gasteiger partial charge >= 0.3 is 0 Å². The summed E-state index contributed by atoms with van der Waals surface area (Å²) < 4.78 is 0. The molecule has 0 bridgehead atoms. The van der Waals surface area contributed by atoms with E-state index in [0.717, 1.165) is 37.7 Å². The minimum absolute atomic E-state index is 0.216. The van der Waals surface area contributed by atoms with Crippen LogP contribution < -0.4 is 4.90 Å². The summed E-state index contributed by atoms with van der Waals surface area (Å²) in [6.45, 7) is 7.61. The molecule has 1 saturated carbocycles. The van der Waals surface area contributed by atoms with E-state index in [1.165, 1.54) is 12.8 Å². The molecule has 0 atom stereocenters. The minimum atomic E-state index is 0.216. The molecule has 1 aromatic rings. The van der Waals surface area contributed by atoms with Crippen molar-refractivity contribution in [3.8, 4) is 0 Å². The number of carbonyl (C=O) groups excluding carboxylic acids is 1. The number of anilines is 1. The molecule has 110 valence electrons. The molecule has 1 aliphatic rings. The molecule has 3 nitrogen and oxygen atoms in total. The van der Waals surface area contributed by atoms with Crippen LogP contribution in [0.2, 0.25) is 0 Å². The zero-order chi connectivity index (χ0) is 14.4. The molecule has 1 amide bonds. The van der Waals surface area contributed by atoms with Gasteiger partial charge in [-0.15, -0.1) is 0 Å². The van der Waals surface area contributed by atoms with Crippen molar-refractivity contribution in [3.05, 3.63) is 30.3 Å². The Morgan fingerprint density at radius 2 is 1.90 bits per heavy atom. The van der Waals surface area contributed by atoms with Crippen LogP contribution in [0.15, 0.2) is 30.3 Å². The molecular formula is C17H26N2O. The van der Waals surface area contributed by atoms with Gasteiger partial charge < -0.3 is 4.90 Å². The highest BCUT2D eigenvalue weighted by Crippen LogP contribution is 2.29. The molecule has 0 saturated heterocycles. The predicted octanol–water partition coefficient (Wildman–Crippen LogP) is 3.16. The fourth-order valence-corrected chi connectivity index (χ4v) is 2.60. The number of amides is 1. The average molecular weight is 274 g/mol. The van der Waals surface area contributed by atoms with Crippen molar-refractivity contribution in [1.82, 2.24) is 4.90 Å². The predicted molar refractivity (Wildman–Crippen MR) is 83.9 cm³/mol. The standard InChI is InChI=1S/C17H26N2O/c1-3-12-18(13-15-10-11-15)14-17(20)19(4-2)16-8-6-5-7-9-16/h5-9,15H,3-4,10-14H2,1-2H3. The minimum Gasteiger partial charge on any atom is -0.312 e. The molecule has 1 aliphatic carbocycles. The summed E-state index contributed by atoms with van der Waals surface area (Å²) in [7, 11) is 0. The normalized spacial score (nSPS) is 14.6. The third-order valence-corrected chi connectivity index (χ3v) is 3.80. The van der Waals surface area contributed by atoms with E-state index in [1.807, 2.05) is 42.2 Å². The van der Waals surface area contributed by atoms with Crippen molar-refractivity contribution in [2.75, 3.05) is 31.1 Å². The zero-order valence-electron chi connectivity index (χ0n) is 12.7. The van der Waals surface area contributed by atoms with Gasteiger partial charge in [0.25, 0.3) is 0 Å². The lowest BCUT2D eigenvalue weighted by atomic mass is 10.2. The van der Waals surface area contributed by atoms with Gasteiger partial charge in [-0.05, 0) is 50.8 Å². The number of hydrogen-bond acceptors (Lipinski definition) is 2. The lowest BCUT2D eigenvalue weighted by Crippen LogP contribution is -2.41. The molecule has 0 N–H and O–H groups in total. The lowest BCUT2D eigenvalue weighted by molar-refractivity contribution is -0.119. The van der Waals surface area contributed by atoms with E-state index in [-0.39, 0.29) is 5.91 Å². The molecule has 0 spiro atoms. The average Bonchev–Trinajstić information content (AvgIpc) is 3.25. The molecule has 1 fully saturated rings. The highest BCUT2D eigenvalue weighted by Gasteiger charge is 2.26. The Bertz CT molecular complexity index is 414. The first kappa shape index (κ1) is 15.0. The summed E-state index contributed by atoms with van der Waals surface area (Å²) in [6.07, 6.45) is 3.78. The summed E-state index contributed by atoms with van der Waals surface area (Å²) in [5.41, 5.74) is 1.00. The molecule has 0 radical (unpaired) electrons. The fourth-order valence-electron chi connectivity index (χ4n) is 2.60. The molecule has 0 aromatic heterocycles. The maximum absolute atomic E-state index is 12.5. The Labute approximate surface area is 122 Å². The van der Waals surface area contributed by atoms with Crippen LogP contribution in [0.1, 0.15) is 33.1 Å². The summed E-state index contributed by atoms with van der Waals surface area (Å²) in [4.78, 5) is 16.8. The highest BCUT2D eigenvalue weighted by molar-refractivity contribution is 5.94. The van der Waals surface area contributed by atoms with Gasteiger partial charge in [0.15, 0.2) is 0 Å². The van der Waals surface area contributed by atoms with E-state index in [4.69, 9.17) is 0 Å². The monoisotopic (exact) mass is 274 g/mol. The summed E-state index contributed by atoms with van der Waals surface area (Å²) >= 11 is 0. The maximum Gasteiger partial charge on any atom is 0.241 e. The second-order valence-corrected chi connectivity index (χ2v) is 5.65. The Balaban J connectivity index is 1.96. The molecule has 0 heterocycles. The topological polar surface area (TPSA) is 23.6 Å². The van der Waals surface area contributed by atoms with Crippen LogP contribution in [-0.4, -0.2) is 37.0 Å². The highest BCUT2D eigenvalue weighted by atomic mass is 16.2. The van der Waals surface area contributed by atoms with Gasteiger partial charge in [-0.1, -0.05) is 25.1 Å². The van der Waals surface area contributed by atoms with Gasteiger partial charge in [0.05, 0.1) is 6.54 Å². The molecule has 20 heavy (non-hydrogen) atoms. The zero-order valence-corrected chi connectivity index (χ0v) is 12.7. The van der Waals surface area contributed by atoms with Crippen molar-refractivity contribution >= 4 is 11.6 Å². The van der Waals surface area contributed by atoms with Gasteiger partial charge in [0.2, 0.25) is 5.91 Å². The summed E-state index contributed by atoms with van der Waals surface area (Å²) in [5, 5.41) is 0. The van der Waals surface area contributed by atoms with Crippen LogP contribution in [0.25, 0.3) is 0 Å². The van der Waals surface area contributed by atoms with Crippen molar-refractivity contribution < 1.29 is 4.79 Å². The second kappa shape index (κ2) is 7.44. The molecule has 2 rings (SSSR count). The largest absolute Gasteiger partial charge is 0.312 e. The Hall–Kier alpha value is -1.35. The SMILES string of the molecule is CCCN(CC(=O)N(CC)c1ccccc1)CC1CC1. The Morgan fingerprint density at radius 1 is 1.20 bits per heavy atom. The molecule has 3 heteroatoms. The molecule has 0 aliphatic heterocycles. The van der Waals surface area contributed by atoms with E-state index >= 15 is 0 Å². The van der Waals surface area contributed by atoms with Crippen molar-refractivity contribution in [3.63, 3.8) is 0 Å². The summed E-state index contributed by atoms with van der Waals surface area (Å²) in [6, 6.07) is 9.97. The number of benzene rings is 1. The smallest absolute Gasteiger partial charge is 0.241 e. The van der Waals surface area contributed by atoms with Crippen molar-refractivity contribution in [2.24, 2.45) is 5.92 Å². The lowest BCUT2D eigenvalue weighted by Gasteiger charge is -2.26. The van der Waals surface area contributed by atoms with Gasteiger partial charge in [0, 0.05) is 18.8 Å². The number of para-hydroxylation sites is 1. The Morgan fingerprint density at radius 3 is 2.45 bits per heavy atom. The number of likely N-dealkylation sites (N-methyl/N-ethyl adjacent to an activating group) is 1. The maximum atomic E-state index is 12.5. The van der Waals surface area contributed by atoms with Crippen LogP contribution in [0.3, 0.4) is 0 Å². The number of carbonyl (C=O) groups is 1. The Kier molecular flexibility index (Phi) is 5.60. The van der Waals surface area contributed by atoms with Gasteiger partial charge in [-0.25, -0.2) is 0 Å². The van der Waals surface area contributed by atoms with Crippen molar-refractivity contribution in [1.29, 1.82) is 0 Å². The third kappa shape index (κ3) is 4.34. The quantitative estimate of drug-likeness (QED) is 0.727. The fraction of sp³-hybridized carbons (Fsp3) is 0.588. The van der Waals surface area contributed by atoms with Crippen LogP contribution in [-0.2, 0) is 4.79 Å². The van der Waals surface area contributed by atoms with E-state index < -0.39 is 0 Å². The molecule has 1 aromatic carbocycles.